The van der Waals surface area contributed by atoms with Gasteiger partial charge in [0.1, 0.15) is 11.6 Å². The first-order valence-electron chi connectivity index (χ1n) is 3.23. The third-order valence-corrected chi connectivity index (χ3v) is 2.61. The van der Waals surface area contributed by atoms with Crippen molar-refractivity contribution in [2.45, 2.75) is 10.4 Å². The molecule has 0 bridgehead atoms. The molecule has 0 saturated carbocycles. The molecule has 1 N–H and O–H groups in total. The normalized spacial score (nSPS) is 11.8. The largest absolute Gasteiger partial charge is 0.507 e. The summed E-state index contributed by atoms with van der Waals surface area (Å²) in [6, 6.07) is 1.50. The second-order valence-corrected chi connectivity index (χ2v) is 4.24. The second kappa shape index (κ2) is 3.98. The average molecular weight is 291 g/mol. The lowest BCUT2D eigenvalue weighted by Crippen LogP contribution is -1.99. The predicted octanol–water partition coefficient (Wildman–Crippen LogP) is 3.91. The van der Waals surface area contributed by atoms with E-state index in [1.807, 2.05) is 0 Å². The van der Waals surface area contributed by atoms with Crippen molar-refractivity contribution >= 4 is 27.7 Å². The fourth-order valence-corrected chi connectivity index (χ4v) is 1.63. The summed E-state index contributed by atoms with van der Waals surface area (Å²) in [5.41, 5.74) is -4.54. The van der Waals surface area contributed by atoms with Crippen LogP contribution in [0.4, 0.5) is 17.6 Å². The number of benzene rings is 1. The Kier molecular flexibility index (Phi) is 3.31. The van der Waals surface area contributed by atoms with Gasteiger partial charge < -0.3 is 5.11 Å². The van der Waals surface area contributed by atoms with Crippen molar-refractivity contribution < 1.29 is 22.7 Å². The smallest absolute Gasteiger partial charge is 0.446 e. The van der Waals surface area contributed by atoms with Crippen LogP contribution in [0.5, 0.6) is 5.75 Å². The van der Waals surface area contributed by atoms with Crippen molar-refractivity contribution in [2.75, 3.05) is 0 Å². The second-order valence-electron chi connectivity index (χ2n) is 2.28. The number of phenolic OH excluding ortho intramolecular Hbond substituents is 1. The van der Waals surface area contributed by atoms with Crippen LogP contribution in [0.2, 0.25) is 0 Å². The van der Waals surface area contributed by atoms with E-state index in [0.29, 0.717) is 6.07 Å². The standard InChI is InChI=1S/C7H3BrF4OS/c8-3-1-5(13)6(2-4(3)9)14-7(10,11)12/h1-2,13H. The average Bonchev–Trinajstić information content (AvgIpc) is 1.97. The van der Waals surface area contributed by atoms with E-state index in [1.54, 1.807) is 0 Å². The first kappa shape index (κ1) is 11.6. The highest BCUT2D eigenvalue weighted by molar-refractivity contribution is 9.10. The maximum atomic E-state index is 12.8. The Balaban J connectivity index is 3.04. The number of aromatic hydroxyl groups is 1. The third-order valence-electron chi connectivity index (χ3n) is 1.23. The topological polar surface area (TPSA) is 20.2 Å². The summed E-state index contributed by atoms with van der Waals surface area (Å²) in [5.74, 6) is -1.46. The molecule has 0 radical (unpaired) electrons. The molecule has 1 aromatic carbocycles. The molecule has 1 rings (SSSR count). The van der Waals surface area contributed by atoms with Gasteiger partial charge in [-0.3, -0.25) is 0 Å². The number of thioether (sulfide) groups is 1. The summed E-state index contributed by atoms with van der Waals surface area (Å²) >= 11 is 2.17. The third kappa shape index (κ3) is 3.06. The van der Waals surface area contributed by atoms with Gasteiger partial charge in [-0.05, 0) is 39.8 Å². The van der Waals surface area contributed by atoms with E-state index in [1.165, 1.54) is 0 Å². The monoisotopic (exact) mass is 290 g/mol. The first-order valence-corrected chi connectivity index (χ1v) is 4.84. The minimum Gasteiger partial charge on any atom is -0.507 e. The molecule has 0 aromatic heterocycles. The van der Waals surface area contributed by atoms with Gasteiger partial charge in [-0.1, -0.05) is 0 Å². The minimum absolute atomic E-state index is 0.0819. The van der Waals surface area contributed by atoms with E-state index in [0.717, 1.165) is 6.07 Å². The van der Waals surface area contributed by atoms with E-state index in [2.05, 4.69) is 15.9 Å². The molecule has 7 heteroatoms. The van der Waals surface area contributed by atoms with Gasteiger partial charge in [0.2, 0.25) is 0 Å². The van der Waals surface area contributed by atoms with E-state index < -0.39 is 33.7 Å². The highest BCUT2D eigenvalue weighted by Gasteiger charge is 2.31. The Labute approximate surface area is 89.2 Å². The van der Waals surface area contributed by atoms with Gasteiger partial charge in [-0.15, -0.1) is 0 Å². The van der Waals surface area contributed by atoms with Gasteiger partial charge in [0.05, 0.1) is 9.37 Å². The summed E-state index contributed by atoms with van der Waals surface area (Å²) in [5, 5.41) is 9.06. The molecule has 0 heterocycles. The first-order chi connectivity index (χ1) is 6.29. The Morgan fingerprint density at radius 2 is 1.86 bits per heavy atom. The van der Waals surface area contributed by atoms with Gasteiger partial charge in [0.25, 0.3) is 0 Å². The molecule has 0 amide bonds. The molecular weight excluding hydrogens is 288 g/mol. The summed E-state index contributed by atoms with van der Waals surface area (Å²) in [6.45, 7) is 0. The van der Waals surface area contributed by atoms with Crippen LogP contribution in [0.15, 0.2) is 21.5 Å². The van der Waals surface area contributed by atoms with Crippen LogP contribution in [-0.2, 0) is 0 Å². The molecule has 78 valence electrons. The van der Waals surface area contributed by atoms with Crippen LogP contribution < -0.4 is 0 Å². The summed E-state index contributed by atoms with van der Waals surface area (Å²) in [6.07, 6.45) is 0. The van der Waals surface area contributed by atoms with Gasteiger partial charge in [-0.25, -0.2) is 4.39 Å². The molecule has 0 aliphatic heterocycles. The lowest BCUT2D eigenvalue weighted by molar-refractivity contribution is -0.0329. The maximum Gasteiger partial charge on any atom is 0.446 e. The molecular formula is C7H3BrF4OS. The molecule has 0 aliphatic carbocycles. The molecule has 0 atom stereocenters. The van der Waals surface area contributed by atoms with Crippen LogP contribution in [0.25, 0.3) is 0 Å². The van der Waals surface area contributed by atoms with Crippen LogP contribution >= 0.6 is 27.7 Å². The van der Waals surface area contributed by atoms with Crippen LogP contribution in [0.3, 0.4) is 0 Å². The molecule has 14 heavy (non-hydrogen) atoms. The van der Waals surface area contributed by atoms with Crippen LogP contribution in [-0.4, -0.2) is 10.6 Å². The Morgan fingerprint density at radius 1 is 1.29 bits per heavy atom. The van der Waals surface area contributed by atoms with Crippen molar-refractivity contribution in [2.24, 2.45) is 0 Å². The summed E-state index contributed by atoms with van der Waals surface area (Å²) in [7, 11) is 0. The Bertz CT molecular complexity index is 352. The highest BCUT2D eigenvalue weighted by atomic mass is 79.9. The quantitative estimate of drug-likeness (QED) is 0.625. The van der Waals surface area contributed by atoms with E-state index in [4.69, 9.17) is 5.11 Å². The number of hydrogen-bond acceptors (Lipinski definition) is 2. The SMILES string of the molecule is Oc1cc(Br)c(F)cc1SC(F)(F)F. The van der Waals surface area contributed by atoms with Gasteiger partial charge in [-0.2, -0.15) is 13.2 Å². The summed E-state index contributed by atoms with van der Waals surface area (Å²) < 4.78 is 48.3. The van der Waals surface area contributed by atoms with Gasteiger partial charge >= 0.3 is 5.51 Å². The number of halogens is 5. The van der Waals surface area contributed by atoms with Crippen LogP contribution in [0, 0.1) is 5.82 Å². The van der Waals surface area contributed by atoms with E-state index in [-0.39, 0.29) is 4.47 Å². The number of alkyl halides is 3. The number of rotatable bonds is 1. The van der Waals surface area contributed by atoms with Crippen LogP contribution in [0.1, 0.15) is 0 Å². The zero-order chi connectivity index (χ0) is 10.9. The molecule has 0 aliphatic rings. The molecule has 0 spiro atoms. The van der Waals surface area contributed by atoms with Crippen molar-refractivity contribution in [3.63, 3.8) is 0 Å². The molecule has 0 unspecified atom stereocenters. The van der Waals surface area contributed by atoms with Crippen molar-refractivity contribution in [3.8, 4) is 5.75 Å². The van der Waals surface area contributed by atoms with Crippen molar-refractivity contribution in [1.29, 1.82) is 0 Å². The summed E-state index contributed by atoms with van der Waals surface area (Å²) in [4.78, 5) is -0.557. The predicted molar refractivity (Wildman–Crippen MR) is 47.7 cm³/mol. The zero-order valence-corrected chi connectivity index (χ0v) is 8.80. The Hall–Kier alpha value is -0.430. The lowest BCUT2D eigenvalue weighted by Gasteiger charge is -2.07. The van der Waals surface area contributed by atoms with Gasteiger partial charge in [0, 0.05) is 0 Å². The maximum absolute atomic E-state index is 12.8. The van der Waals surface area contributed by atoms with Crippen molar-refractivity contribution in [1.82, 2.24) is 0 Å². The van der Waals surface area contributed by atoms with E-state index >= 15 is 0 Å². The molecule has 1 aromatic rings. The highest BCUT2D eigenvalue weighted by Crippen LogP contribution is 2.42. The van der Waals surface area contributed by atoms with Crippen molar-refractivity contribution in [3.05, 3.63) is 22.4 Å². The molecule has 0 saturated heterocycles. The molecule has 0 fully saturated rings. The number of phenols is 1. The minimum atomic E-state index is -4.54. The zero-order valence-electron chi connectivity index (χ0n) is 6.40. The number of hydrogen-bond donors (Lipinski definition) is 1. The lowest BCUT2D eigenvalue weighted by atomic mass is 10.3. The van der Waals surface area contributed by atoms with Gasteiger partial charge in [0.15, 0.2) is 0 Å². The van der Waals surface area contributed by atoms with E-state index in [9.17, 15) is 17.6 Å². The Morgan fingerprint density at radius 3 is 2.36 bits per heavy atom. The fraction of sp³-hybridized carbons (Fsp3) is 0.143. The molecule has 1 nitrogen and oxygen atoms in total. The fourth-order valence-electron chi connectivity index (χ4n) is 0.725.